The van der Waals surface area contributed by atoms with Gasteiger partial charge in [-0.3, -0.25) is 9.69 Å². The maximum Gasteiger partial charge on any atom is 0.320 e. The second-order valence-corrected chi connectivity index (χ2v) is 4.64. The summed E-state index contributed by atoms with van der Waals surface area (Å²) in [5.41, 5.74) is 1.84. The number of hydrogen-bond acceptors (Lipinski definition) is 3. The van der Waals surface area contributed by atoms with E-state index in [1.165, 1.54) is 0 Å². The molecule has 0 radical (unpaired) electrons. The topological polar surface area (TPSA) is 60.8 Å². The number of hydrogen-bond donors (Lipinski definition) is 2. The Labute approximate surface area is 114 Å². The average Bonchev–Trinajstić information content (AvgIpc) is 2.38. The van der Waals surface area contributed by atoms with Crippen molar-refractivity contribution in [3.05, 3.63) is 48.0 Å². The van der Waals surface area contributed by atoms with Crippen LogP contribution >= 0.6 is 0 Å². The molecule has 0 bridgehead atoms. The van der Waals surface area contributed by atoms with Gasteiger partial charge < -0.3 is 10.2 Å². The fraction of sp³-hybridized carbons (Fsp3) is 0.400. The summed E-state index contributed by atoms with van der Waals surface area (Å²) < 4.78 is 0. The van der Waals surface area contributed by atoms with Crippen molar-refractivity contribution in [1.82, 2.24) is 4.90 Å². The normalized spacial score (nSPS) is 14.1. The fourth-order valence-electron chi connectivity index (χ4n) is 2.20. The molecule has 0 fully saturated rings. The number of aliphatic hydroxyl groups excluding tert-OH is 1. The van der Waals surface area contributed by atoms with Gasteiger partial charge in [0.15, 0.2) is 0 Å². The van der Waals surface area contributed by atoms with E-state index in [1.807, 2.05) is 37.3 Å². The van der Waals surface area contributed by atoms with E-state index in [2.05, 4.69) is 6.58 Å². The molecule has 0 aromatic heterocycles. The molecule has 0 spiro atoms. The highest BCUT2D eigenvalue weighted by Crippen LogP contribution is 2.28. The molecule has 0 saturated heterocycles. The fourth-order valence-corrected chi connectivity index (χ4v) is 2.20. The molecule has 0 saturated carbocycles. The zero-order valence-corrected chi connectivity index (χ0v) is 11.4. The first-order chi connectivity index (χ1) is 8.99. The van der Waals surface area contributed by atoms with Crippen LogP contribution in [0.15, 0.2) is 42.5 Å². The van der Waals surface area contributed by atoms with Crippen LogP contribution in [0.2, 0.25) is 0 Å². The van der Waals surface area contributed by atoms with Crippen LogP contribution in [0.3, 0.4) is 0 Å². The molecule has 0 heterocycles. The number of nitrogens with zero attached hydrogens (tertiary/aromatic N) is 1. The van der Waals surface area contributed by atoms with E-state index in [0.29, 0.717) is 6.54 Å². The van der Waals surface area contributed by atoms with Crippen LogP contribution in [-0.4, -0.2) is 40.3 Å². The van der Waals surface area contributed by atoms with Crippen molar-refractivity contribution in [3.63, 3.8) is 0 Å². The van der Waals surface area contributed by atoms with E-state index in [9.17, 15) is 15.0 Å². The van der Waals surface area contributed by atoms with Crippen molar-refractivity contribution in [1.29, 1.82) is 0 Å². The van der Waals surface area contributed by atoms with Gasteiger partial charge in [0.25, 0.3) is 0 Å². The van der Waals surface area contributed by atoms with Crippen LogP contribution in [-0.2, 0) is 4.79 Å². The number of rotatable bonds is 7. The zero-order chi connectivity index (χ0) is 14.4. The molecule has 0 aliphatic rings. The third-order valence-electron chi connectivity index (χ3n) is 3.13. The van der Waals surface area contributed by atoms with Gasteiger partial charge >= 0.3 is 5.97 Å². The molecule has 104 valence electrons. The second kappa shape index (κ2) is 7.07. The number of carboxylic acid groups (broad SMARTS) is 1. The van der Waals surface area contributed by atoms with Crippen molar-refractivity contribution in [2.45, 2.75) is 25.9 Å². The first-order valence-electron chi connectivity index (χ1n) is 6.28. The highest BCUT2D eigenvalue weighted by atomic mass is 16.4. The van der Waals surface area contributed by atoms with Gasteiger partial charge in [-0.25, -0.2) is 0 Å². The van der Waals surface area contributed by atoms with Crippen LogP contribution in [0.25, 0.3) is 0 Å². The maximum absolute atomic E-state index is 11.2. The molecular formula is C15H21NO3. The average molecular weight is 263 g/mol. The molecule has 0 aliphatic heterocycles. The molecule has 1 aromatic carbocycles. The zero-order valence-electron chi connectivity index (χ0n) is 11.4. The largest absolute Gasteiger partial charge is 0.480 e. The summed E-state index contributed by atoms with van der Waals surface area (Å²) in [4.78, 5) is 13.0. The van der Waals surface area contributed by atoms with Crippen LogP contribution in [0.5, 0.6) is 0 Å². The molecule has 0 amide bonds. The molecule has 2 atom stereocenters. The van der Waals surface area contributed by atoms with Crippen molar-refractivity contribution in [2.75, 3.05) is 13.2 Å². The molecule has 19 heavy (non-hydrogen) atoms. The van der Waals surface area contributed by atoms with Gasteiger partial charge in [0.05, 0.1) is 12.6 Å². The summed E-state index contributed by atoms with van der Waals surface area (Å²) in [7, 11) is 0. The van der Waals surface area contributed by atoms with Crippen LogP contribution < -0.4 is 0 Å². The molecule has 4 heteroatoms. The van der Waals surface area contributed by atoms with Gasteiger partial charge in [0.2, 0.25) is 0 Å². The predicted octanol–water partition coefficient (Wildman–Crippen LogP) is 2.07. The quantitative estimate of drug-likeness (QED) is 0.739. The predicted molar refractivity (Wildman–Crippen MR) is 74.9 cm³/mol. The van der Waals surface area contributed by atoms with Crippen molar-refractivity contribution >= 4 is 5.97 Å². The molecular weight excluding hydrogens is 242 g/mol. The van der Waals surface area contributed by atoms with E-state index in [0.717, 1.165) is 11.1 Å². The van der Waals surface area contributed by atoms with E-state index >= 15 is 0 Å². The minimum atomic E-state index is -0.907. The third-order valence-corrected chi connectivity index (χ3v) is 3.13. The Morgan fingerprint density at radius 1 is 1.37 bits per heavy atom. The summed E-state index contributed by atoms with van der Waals surface area (Å²) >= 11 is 0. The highest BCUT2D eigenvalue weighted by molar-refractivity contribution is 5.73. The lowest BCUT2D eigenvalue weighted by molar-refractivity contribution is -0.143. The summed E-state index contributed by atoms with van der Waals surface area (Å²) in [6, 6.07) is 8.72. The molecule has 1 rings (SSSR count). The number of carboxylic acids is 1. The van der Waals surface area contributed by atoms with Crippen molar-refractivity contribution < 1.29 is 15.0 Å². The standard InChI is InChI=1S/C15H21NO3/c1-11(2)14(13-7-5-4-6-8-13)16(9-10-17)12(3)15(18)19/h4-8,12,14,17H,1,9-10H2,2-3H3,(H,18,19)/t12-,14?/m0/s1. The third kappa shape index (κ3) is 3.91. The number of benzene rings is 1. The van der Waals surface area contributed by atoms with Gasteiger partial charge in [-0.2, -0.15) is 0 Å². The second-order valence-electron chi connectivity index (χ2n) is 4.64. The minimum Gasteiger partial charge on any atom is -0.480 e. The maximum atomic E-state index is 11.2. The Hall–Kier alpha value is -1.65. The smallest absolute Gasteiger partial charge is 0.320 e. The van der Waals surface area contributed by atoms with Gasteiger partial charge in [0, 0.05) is 6.54 Å². The van der Waals surface area contributed by atoms with E-state index in [4.69, 9.17) is 0 Å². The lowest BCUT2D eigenvalue weighted by Crippen LogP contribution is -2.43. The van der Waals surface area contributed by atoms with Gasteiger partial charge in [0.1, 0.15) is 6.04 Å². The number of carbonyl (C=O) groups is 1. The summed E-state index contributed by atoms with van der Waals surface area (Å²) in [5, 5.41) is 18.4. The van der Waals surface area contributed by atoms with Crippen molar-refractivity contribution in [3.8, 4) is 0 Å². The molecule has 4 nitrogen and oxygen atoms in total. The van der Waals surface area contributed by atoms with Crippen molar-refractivity contribution in [2.24, 2.45) is 0 Å². The van der Waals surface area contributed by atoms with Gasteiger partial charge in [-0.1, -0.05) is 42.5 Å². The molecule has 2 N–H and O–H groups in total. The monoisotopic (exact) mass is 263 g/mol. The molecule has 1 unspecified atom stereocenters. The highest BCUT2D eigenvalue weighted by Gasteiger charge is 2.28. The van der Waals surface area contributed by atoms with Crippen LogP contribution in [0.4, 0.5) is 0 Å². The summed E-state index contributed by atoms with van der Waals surface area (Å²) in [6.07, 6.45) is 0. The van der Waals surface area contributed by atoms with Gasteiger partial charge in [-0.15, -0.1) is 0 Å². The van der Waals surface area contributed by atoms with E-state index in [-0.39, 0.29) is 12.6 Å². The van der Waals surface area contributed by atoms with E-state index < -0.39 is 12.0 Å². The Morgan fingerprint density at radius 3 is 2.37 bits per heavy atom. The van der Waals surface area contributed by atoms with Crippen LogP contribution in [0.1, 0.15) is 25.5 Å². The first kappa shape index (κ1) is 15.4. The Bertz CT molecular complexity index is 430. The SMILES string of the molecule is C=C(C)C(c1ccccc1)N(CCO)[C@@H](C)C(=O)O. The summed E-state index contributed by atoms with van der Waals surface area (Å²) in [6.45, 7) is 7.66. The Morgan fingerprint density at radius 2 is 1.95 bits per heavy atom. The Balaban J connectivity index is 3.13. The lowest BCUT2D eigenvalue weighted by Gasteiger charge is -2.34. The summed E-state index contributed by atoms with van der Waals surface area (Å²) in [5.74, 6) is -0.907. The lowest BCUT2D eigenvalue weighted by atomic mass is 9.97. The van der Waals surface area contributed by atoms with Crippen LogP contribution in [0, 0.1) is 0 Å². The Kier molecular flexibility index (Phi) is 5.73. The number of aliphatic hydroxyl groups is 1. The molecule has 1 aromatic rings. The number of aliphatic carboxylic acids is 1. The molecule has 0 aliphatic carbocycles. The minimum absolute atomic E-state index is 0.0891. The van der Waals surface area contributed by atoms with E-state index in [1.54, 1.807) is 11.8 Å². The first-order valence-corrected chi connectivity index (χ1v) is 6.28. The van der Waals surface area contributed by atoms with Gasteiger partial charge in [-0.05, 0) is 19.4 Å².